The van der Waals surface area contributed by atoms with Crippen LogP contribution >= 0.6 is 11.3 Å². The maximum Gasteiger partial charge on any atom is 0.194 e. The van der Waals surface area contributed by atoms with E-state index >= 15 is 0 Å². The van der Waals surface area contributed by atoms with Crippen LogP contribution in [0.3, 0.4) is 0 Å². The summed E-state index contributed by atoms with van der Waals surface area (Å²) < 4.78 is 1.06. The average Bonchev–Trinajstić information content (AvgIpc) is 2.86. The minimum atomic E-state index is -0.0242. The Bertz CT molecular complexity index is 596. The molecule has 20 heavy (non-hydrogen) atoms. The lowest BCUT2D eigenvalue weighted by Gasteiger charge is -2.06. The maximum absolute atomic E-state index is 12.3. The van der Waals surface area contributed by atoms with E-state index in [2.05, 4.69) is 9.98 Å². The Morgan fingerprint density at radius 1 is 1.45 bits per heavy atom. The third-order valence-electron chi connectivity index (χ3n) is 3.11. The van der Waals surface area contributed by atoms with Crippen molar-refractivity contribution >= 4 is 33.2 Å². The molecule has 1 aromatic carbocycles. The third kappa shape index (κ3) is 3.63. The van der Waals surface area contributed by atoms with Crippen molar-refractivity contribution in [2.75, 3.05) is 6.54 Å². The van der Waals surface area contributed by atoms with E-state index in [1.54, 1.807) is 6.92 Å². The minimum absolute atomic E-state index is 0.0242. The number of para-hydroxylation sites is 1. The summed E-state index contributed by atoms with van der Waals surface area (Å²) in [5.74, 6) is 0.693. The molecule has 1 aromatic heterocycles. The Morgan fingerprint density at radius 3 is 2.90 bits per heavy atom. The predicted molar refractivity (Wildman–Crippen MR) is 84.5 cm³/mol. The standard InChI is InChI=1S/C15H19N3OS/c1-10(6-5-9-17-11(2)16)14(19)15-18-12-7-3-4-8-13(12)20-15/h3-4,7-8,10H,5-6,9H2,1-2H3,(H2,16,17)/t10-/m0/s1. The molecule has 2 rings (SSSR count). The molecule has 4 nitrogen and oxygen atoms in total. The molecule has 0 spiro atoms. The van der Waals surface area contributed by atoms with Crippen molar-refractivity contribution < 1.29 is 4.79 Å². The molecule has 0 fully saturated rings. The minimum Gasteiger partial charge on any atom is -0.388 e. The number of carbonyl (C=O) groups excluding carboxylic acids is 1. The van der Waals surface area contributed by atoms with Crippen molar-refractivity contribution in [1.82, 2.24) is 4.98 Å². The van der Waals surface area contributed by atoms with E-state index in [0.717, 1.165) is 23.1 Å². The van der Waals surface area contributed by atoms with E-state index in [1.165, 1.54) is 11.3 Å². The van der Waals surface area contributed by atoms with Gasteiger partial charge in [0.2, 0.25) is 0 Å². The van der Waals surface area contributed by atoms with Crippen molar-refractivity contribution in [2.45, 2.75) is 26.7 Å². The van der Waals surface area contributed by atoms with Crippen LogP contribution in [-0.4, -0.2) is 23.1 Å². The number of aromatic nitrogens is 1. The largest absolute Gasteiger partial charge is 0.388 e. The average molecular weight is 289 g/mol. The first-order chi connectivity index (χ1) is 9.58. The van der Waals surface area contributed by atoms with Gasteiger partial charge in [-0.1, -0.05) is 19.1 Å². The number of thiazole rings is 1. The third-order valence-corrected chi connectivity index (χ3v) is 4.16. The van der Waals surface area contributed by atoms with Crippen LogP contribution in [0, 0.1) is 5.92 Å². The monoisotopic (exact) mass is 289 g/mol. The van der Waals surface area contributed by atoms with Gasteiger partial charge in [0.15, 0.2) is 10.8 Å². The molecule has 106 valence electrons. The smallest absolute Gasteiger partial charge is 0.194 e. The maximum atomic E-state index is 12.3. The van der Waals surface area contributed by atoms with Crippen LogP contribution in [0.1, 0.15) is 36.5 Å². The second-order valence-electron chi connectivity index (χ2n) is 4.92. The molecule has 0 amide bonds. The number of nitrogens with two attached hydrogens (primary N) is 1. The van der Waals surface area contributed by atoms with Gasteiger partial charge in [-0.05, 0) is 31.9 Å². The van der Waals surface area contributed by atoms with E-state index in [1.807, 2.05) is 31.2 Å². The van der Waals surface area contributed by atoms with E-state index in [-0.39, 0.29) is 11.7 Å². The van der Waals surface area contributed by atoms with Crippen molar-refractivity contribution in [3.8, 4) is 0 Å². The predicted octanol–water partition coefficient (Wildman–Crippen LogP) is 3.27. The van der Waals surface area contributed by atoms with Crippen molar-refractivity contribution in [1.29, 1.82) is 0 Å². The Morgan fingerprint density at radius 2 is 2.20 bits per heavy atom. The second-order valence-corrected chi connectivity index (χ2v) is 5.95. The number of hydrogen-bond donors (Lipinski definition) is 1. The summed E-state index contributed by atoms with van der Waals surface area (Å²) >= 11 is 1.47. The second kappa shape index (κ2) is 6.61. The van der Waals surface area contributed by atoms with Gasteiger partial charge in [-0.2, -0.15) is 0 Å². The molecule has 0 aliphatic rings. The van der Waals surface area contributed by atoms with E-state index in [4.69, 9.17) is 5.73 Å². The fourth-order valence-electron chi connectivity index (χ4n) is 1.97. The first-order valence-corrected chi connectivity index (χ1v) is 7.56. The summed E-state index contributed by atoms with van der Waals surface area (Å²) in [4.78, 5) is 20.9. The van der Waals surface area contributed by atoms with Crippen LogP contribution in [0.25, 0.3) is 10.2 Å². The Labute approximate surface area is 122 Å². The molecule has 0 saturated heterocycles. The van der Waals surface area contributed by atoms with E-state index in [9.17, 15) is 4.79 Å². The molecule has 1 atom stereocenters. The quantitative estimate of drug-likeness (QED) is 0.384. The molecule has 0 unspecified atom stereocenters. The van der Waals surface area contributed by atoms with Crippen molar-refractivity contribution in [3.05, 3.63) is 29.3 Å². The molecule has 0 aliphatic heterocycles. The number of carbonyl (C=O) groups is 1. The van der Waals surface area contributed by atoms with E-state index in [0.29, 0.717) is 17.4 Å². The Balaban J connectivity index is 1.97. The van der Waals surface area contributed by atoms with Gasteiger partial charge < -0.3 is 5.73 Å². The zero-order chi connectivity index (χ0) is 14.5. The lowest BCUT2D eigenvalue weighted by molar-refractivity contribution is 0.0923. The topological polar surface area (TPSA) is 68.3 Å². The number of Topliss-reactive ketones (excluding diaryl/α,β-unsaturated/α-hetero) is 1. The number of nitrogens with zero attached hydrogens (tertiary/aromatic N) is 2. The molecule has 1 heterocycles. The van der Waals surface area contributed by atoms with Crippen LogP contribution in [0.4, 0.5) is 0 Å². The lowest BCUT2D eigenvalue weighted by Crippen LogP contribution is -2.12. The molecule has 5 heteroatoms. The lowest BCUT2D eigenvalue weighted by atomic mass is 10.0. The van der Waals surface area contributed by atoms with Crippen LogP contribution in [0.5, 0.6) is 0 Å². The van der Waals surface area contributed by atoms with Gasteiger partial charge in [-0.15, -0.1) is 11.3 Å². The normalized spacial score (nSPS) is 13.6. The summed E-state index contributed by atoms with van der Waals surface area (Å²) in [5.41, 5.74) is 6.38. The Kier molecular flexibility index (Phi) is 4.84. The first kappa shape index (κ1) is 14.7. The first-order valence-electron chi connectivity index (χ1n) is 6.74. The zero-order valence-corrected chi connectivity index (χ0v) is 12.6. The van der Waals surface area contributed by atoms with Crippen LogP contribution in [0.2, 0.25) is 0 Å². The SMILES string of the molecule is CC(N)=NCCC[C@H](C)C(=O)c1nc2ccccc2s1. The molecule has 0 radical (unpaired) electrons. The molecule has 0 aliphatic carbocycles. The van der Waals surface area contributed by atoms with Crippen molar-refractivity contribution in [3.63, 3.8) is 0 Å². The summed E-state index contributed by atoms with van der Waals surface area (Å²) in [6.07, 6.45) is 1.68. The van der Waals surface area contributed by atoms with Gasteiger partial charge in [0.25, 0.3) is 0 Å². The van der Waals surface area contributed by atoms with Gasteiger partial charge in [0.1, 0.15) is 0 Å². The summed E-state index contributed by atoms with van der Waals surface area (Å²) in [6, 6.07) is 7.83. The van der Waals surface area contributed by atoms with Gasteiger partial charge in [0, 0.05) is 12.5 Å². The van der Waals surface area contributed by atoms with Gasteiger partial charge in [-0.3, -0.25) is 9.79 Å². The van der Waals surface area contributed by atoms with Gasteiger partial charge >= 0.3 is 0 Å². The van der Waals surface area contributed by atoms with Crippen molar-refractivity contribution in [2.24, 2.45) is 16.6 Å². The molecule has 2 aromatic rings. The number of benzene rings is 1. The van der Waals surface area contributed by atoms with Crippen LogP contribution in [-0.2, 0) is 0 Å². The summed E-state index contributed by atoms with van der Waals surface area (Å²) in [7, 11) is 0. The highest BCUT2D eigenvalue weighted by molar-refractivity contribution is 7.20. The number of amidine groups is 1. The number of fused-ring (bicyclic) bond motifs is 1. The number of rotatable bonds is 6. The van der Waals surface area contributed by atoms with Gasteiger partial charge in [0.05, 0.1) is 16.1 Å². The highest BCUT2D eigenvalue weighted by atomic mass is 32.1. The number of aliphatic imine (C=N–C) groups is 1. The molecular formula is C15H19N3OS. The molecule has 0 bridgehead atoms. The Hall–Kier alpha value is -1.75. The van der Waals surface area contributed by atoms with Gasteiger partial charge in [-0.25, -0.2) is 4.98 Å². The molecule has 2 N–H and O–H groups in total. The fourth-order valence-corrected chi connectivity index (χ4v) is 2.99. The molecular weight excluding hydrogens is 270 g/mol. The number of ketones is 1. The van der Waals surface area contributed by atoms with E-state index < -0.39 is 0 Å². The highest BCUT2D eigenvalue weighted by Crippen LogP contribution is 2.24. The summed E-state index contributed by atoms with van der Waals surface area (Å²) in [6.45, 7) is 4.41. The molecule has 0 saturated carbocycles. The van der Waals surface area contributed by atoms with Crippen LogP contribution < -0.4 is 5.73 Å². The zero-order valence-electron chi connectivity index (χ0n) is 11.8. The van der Waals surface area contributed by atoms with Crippen LogP contribution in [0.15, 0.2) is 29.3 Å². The summed E-state index contributed by atoms with van der Waals surface area (Å²) in [5, 5.41) is 0.609. The highest BCUT2D eigenvalue weighted by Gasteiger charge is 2.18. The fraction of sp³-hybridized carbons (Fsp3) is 0.400. The number of hydrogen-bond acceptors (Lipinski definition) is 4.